The normalized spacial score (nSPS) is 10.5. The summed E-state index contributed by atoms with van der Waals surface area (Å²) in [6.45, 7) is 6.71. The lowest BCUT2D eigenvalue weighted by molar-refractivity contribution is 0.174. The maximum absolute atomic E-state index is 11.6. The van der Waals surface area contributed by atoms with Gasteiger partial charge in [-0.3, -0.25) is 5.32 Å². The fourth-order valence-electron chi connectivity index (χ4n) is 1.56. The van der Waals surface area contributed by atoms with Crippen LogP contribution >= 0.6 is 11.6 Å². The number of carbonyl (C=O) groups excluding carboxylic acids is 1. The van der Waals surface area contributed by atoms with Gasteiger partial charge in [0.25, 0.3) is 0 Å². The molecule has 0 spiro atoms. The van der Waals surface area contributed by atoms with Gasteiger partial charge in [-0.25, -0.2) is 4.79 Å². The molecule has 1 aromatic carbocycles. The zero-order valence-electron chi connectivity index (χ0n) is 12.4. The number of allylic oxidation sites excluding steroid dienone is 1. The molecule has 0 saturated carbocycles. The highest BCUT2D eigenvalue weighted by molar-refractivity contribution is 6.32. The van der Waals surface area contributed by atoms with Gasteiger partial charge in [0.05, 0.1) is 18.2 Å². The summed E-state index contributed by atoms with van der Waals surface area (Å²) in [5.41, 5.74) is 0.484. The van der Waals surface area contributed by atoms with Crippen LogP contribution in [0.5, 0.6) is 11.5 Å². The van der Waals surface area contributed by atoms with E-state index in [1.165, 1.54) is 0 Å². The van der Waals surface area contributed by atoms with Gasteiger partial charge in [-0.1, -0.05) is 23.8 Å². The second kappa shape index (κ2) is 9.13. The molecule has 0 atom stereocenters. The monoisotopic (exact) mass is 313 g/mol. The van der Waals surface area contributed by atoms with Crippen molar-refractivity contribution in [1.29, 1.82) is 0 Å². The molecule has 1 rings (SSSR count). The summed E-state index contributed by atoms with van der Waals surface area (Å²) in [6, 6.07) is 3.24. The summed E-state index contributed by atoms with van der Waals surface area (Å²) < 4.78 is 15.9. The van der Waals surface area contributed by atoms with E-state index in [1.54, 1.807) is 24.3 Å². The van der Waals surface area contributed by atoms with E-state index in [2.05, 4.69) is 5.32 Å². The van der Waals surface area contributed by atoms with E-state index in [1.807, 2.05) is 20.8 Å². The Morgan fingerprint density at radius 2 is 2.00 bits per heavy atom. The number of nitrogens with one attached hydrogen (secondary N) is 1. The number of amides is 1. The van der Waals surface area contributed by atoms with Crippen LogP contribution in [0, 0.1) is 0 Å². The number of anilines is 1. The smallest absolute Gasteiger partial charge is 0.411 e. The van der Waals surface area contributed by atoms with E-state index in [0.29, 0.717) is 35.4 Å². The first-order valence-electron chi connectivity index (χ1n) is 6.76. The molecule has 116 valence electrons. The van der Waals surface area contributed by atoms with Gasteiger partial charge < -0.3 is 14.2 Å². The minimum absolute atomic E-state index is 0.214. The first-order chi connectivity index (χ1) is 10.1. The highest BCUT2D eigenvalue weighted by atomic mass is 35.5. The van der Waals surface area contributed by atoms with Crippen LogP contribution in [0.15, 0.2) is 24.3 Å². The summed E-state index contributed by atoms with van der Waals surface area (Å²) in [5, 5.41) is 2.96. The fraction of sp³-hybridized carbons (Fsp3) is 0.400. The molecule has 0 fully saturated rings. The average Bonchev–Trinajstić information content (AvgIpc) is 2.43. The molecule has 6 heteroatoms. The lowest BCUT2D eigenvalue weighted by atomic mass is 10.2. The zero-order chi connectivity index (χ0) is 15.7. The van der Waals surface area contributed by atoms with Crippen molar-refractivity contribution in [2.75, 3.05) is 25.1 Å². The van der Waals surface area contributed by atoms with Crippen LogP contribution in [0.2, 0.25) is 5.02 Å². The predicted octanol–water partition coefficient (Wildman–Crippen LogP) is 4.26. The fourth-order valence-corrected chi connectivity index (χ4v) is 1.83. The lowest BCUT2D eigenvalue weighted by Gasteiger charge is -2.14. The number of ether oxygens (including phenoxy) is 3. The van der Waals surface area contributed by atoms with Crippen LogP contribution in [0.4, 0.5) is 10.5 Å². The van der Waals surface area contributed by atoms with Crippen LogP contribution in [-0.4, -0.2) is 25.9 Å². The minimum atomic E-state index is -0.559. The summed E-state index contributed by atoms with van der Waals surface area (Å²) >= 11 is 6.15. The average molecular weight is 314 g/mol. The lowest BCUT2D eigenvalue weighted by Crippen LogP contribution is -2.14. The van der Waals surface area contributed by atoms with Crippen LogP contribution in [0.1, 0.15) is 20.8 Å². The molecule has 0 radical (unpaired) electrons. The van der Waals surface area contributed by atoms with Gasteiger partial charge in [-0.05, 0) is 26.8 Å². The van der Waals surface area contributed by atoms with Crippen molar-refractivity contribution >= 4 is 23.4 Å². The summed E-state index contributed by atoms with van der Waals surface area (Å²) in [4.78, 5) is 11.6. The topological polar surface area (TPSA) is 56.8 Å². The molecule has 0 aliphatic heterocycles. The molecule has 5 nitrogen and oxygen atoms in total. The Morgan fingerprint density at radius 3 is 2.62 bits per heavy atom. The number of carbonyl (C=O) groups is 1. The molecule has 0 unspecified atom stereocenters. The Kier molecular flexibility index (Phi) is 7.46. The molecular weight excluding hydrogens is 294 g/mol. The molecule has 0 bridgehead atoms. The van der Waals surface area contributed by atoms with Gasteiger partial charge in [-0.15, -0.1) is 0 Å². The predicted molar refractivity (Wildman–Crippen MR) is 83.6 cm³/mol. The molecular formula is C15H20ClNO4. The van der Waals surface area contributed by atoms with E-state index in [-0.39, 0.29) is 6.61 Å². The summed E-state index contributed by atoms with van der Waals surface area (Å²) in [6.07, 6.45) is 2.97. The first kappa shape index (κ1) is 17.2. The standard InChI is InChI=1S/C15H20ClNO4/c1-4-7-8-21-15(18)17-11-9-12(16)14(20-6-3)13(10-11)19-5-2/h4,7,9-10H,5-6,8H2,1-3H3,(H,17,18). The van der Waals surface area contributed by atoms with Crippen molar-refractivity contribution in [3.8, 4) is 11.5 Å². The molecule has 1 amide bonds. The third-order valence-electron chi connectivity index (χ3n) is 2.39. The third kappa shape index (κ3) is 5.55. The Labute approximate surface area is 129 Å². The van der Waals surface area contributed by atoms with Crippen molar-refractivity contribution in [3.05, 3.63) is 29.3 Å². The van der Waals surface area contributed by atoms with E-state index in [0.717, 1.165) is 0 Å². The van der Waals surface area contributed by atoms with Crippen molar-refractivity contribution in [2.45, 2.75) is 20.8 Å². The minimum Gasteiger partial charge on any atom is -0.490 e. The molecule has 0 aromatic heterocycles. The van der Waals surface area contributed by atoms with Crippen LogP contribution < -0.4 is 14.8 Å². The van der Waals surface area contributed by atoms with Crippen LogP contribution in [-0.2, 0) is 4.74 Å². The van der Waals surface area contributed by atoms with Gasteiger partial charge in [0.1, 0.15) is 6.61 Å². The van der Waals surface area contributed by atoms with Gasteiger partial charge in [-0.2, -0.15) is 0 Å². The number of halogens is 1. The highest BCUT2D eigenvalue weighted by Gasteiger charge is 2.13. The molecule has 21 heavy (non-hydrogen) atoms. The molecule has 0 heterocycles. The SMILES string of the molecule is CC=CCOC(=O)Nc1cc(Cl)c(OCC)c(OCC)c1. The van der Waals surface area contributed by atoms with Gasteiger partial charge in [0.15, 0.2) is 11.5 Å². The van der Waals surface area contributed by atoms with E-state index in [9.17, 15) is 4.79 Å². The zero-order valence-corrected chi connectivity index (χ0v) is 13.2. The molecule has 1 N–H and O–H groups in total. The third-order valence-corrected chi connectivity index (χ3v) is 2.67. The quantitative estimate of drug-likeness (QED) is 0.764. The highest BCUT2D eigenvalue weighted by Crippen LogP contribution is 2.38. The number of hydrogen-bond acceptors (Lipinski definition) is 4. The van der Waals surface area contributed by atoms with Crippen molar-refractivity contribution < 1.29 is 19.0 Å². The van der Waals surface area contributed by atoms with Crippen molar-refractivity contribution in [3.63, 3.8) is 0 Å². The molecule has 1 aromatic rings. The van der Waals surface area contributed by atoms with Gasteiger partial charge in [0, 0.05) is 11.8 Å². The number of rotatable bonds is 7. The second-order valence-electron chi connectivity index (χ2n) is 3.94. The maximum atomic E-state index is 11.6. The van der Waals surface area contributed by atoms with Crippen molar-refractivity contribution in [1.82, 2.24) is 0 Å². The van der Waals surface area contributed by atoms with Crippen LogP contribution in [0.3, 0.4) is 0 Å². The van der Waals surface area contributed by atoms with Crippen molar-refractivity contribution in [2.24, 2.45) is 0 Å². The first-order valence-corrected chi connectivity index (χ1v) is 7.14. The summed E-state index contributed by atoms with van der Waals surface area (Å²) in [7, 11) is 0. The van der Waals surface area contributed by atoms with E-state index < -0.39 is 6.09 Å². The molecule has 0 aliphatic carbocycles. The van der Waals surface area contributed by atoms with Gasteiger partial charge >= 0.3 is 6.09 Å². The summed E-state index contributed by atoms with van der Waals surface area (Å²) in [5.74, 6) is 0.949. The van der Waals surface area contributed by atoms with E-state index in [4.69, 9.17) is 25.8 Å². The van der Waals surface area contributed by atoms with E-state index >= 15 is 0 Å². The maximum Gasteiger partial charge on any atom is 0.411 e. The molecule has 0 saturated heterocycles. The van der Waals surface area contributed by atoms with Crippen LogP contribution in [0.25, 0.3) is 0 Å². The number of hydrogen-bond donors (Lipinski definition) is 1. The Hall–Kier alpha value is -1.88. The Balaban J connectivity index is 2.85. The Morgan fingerprint density at radius 1 is 1.29 bits per heavy atom. The Bertz CT molecular complexity index is 503. The number of benzene rings is 1. The largest absolute Gasteiger partial charge is 0.490 e. The second-order valence-corrected chi connectivity index (χ2v) is 4.35. The molecule has 0 aliphatic rings. The van der Waals surface area contributed by atoms with Gasteiger partial charge in [0.2, 0.25) is 0 Å².